The summed E-state index contributed by atoms with van der Waals surface area (Å²) in [4.78, 5) is 1.71. The summed E-state index contributed by atoms with van der Waals surface area (Å²) in [6.07, 6.45) is 1.02. The van der Waals surface area contributed by atoms with Crippen LogP contribution in [0.3, 0.4) is 0 Å². The maximum Gasteiger partial charge on any atom is 0.149 e. The molecule has 0 atom stereocenters. The van der Waals surface area contributed by atoms with E-state index in [0.717, 1.165) is 19.5 Å². The minimum Gasteiger partial charge on any atom is -0.367 e. The number of benzene rings is 1. The minimum absolute atomic E-state index is 0.128. The molecule has 0 aliphatic carbocycles. The van der Waals surface area contributed by atoms with Gasteiger partial charge in [0.1, 0.15) is 17.3 Å². The van der Waals surface area contributed by atoms with E-state index >= 15 is 0 Å². The smallest absolute Gasteiger partial charge is 0.149 e. The van der Waals surface area contributed by atoms with Crippen molar-refractivity contribution in [3.05, 3.63) is 29.8 Å². The van der Waals surface area contributed by atoms with Crippen molar-refractivity contribution in [1.29, 1.82) is 0 Å². The topological polar surface area (TPSA) is 3.24 Å². The first-order valence-corrected chi connectivity index (χ1v) is 3.98. The first-order valence-electron chi connectivity index (χ1n) is 3.98. The highest BCUT2D eigenvalue weighted by Gasteiger charge is 2.21. The fraction of sp³-hybridized carbons (Fsp3) is 0.333. The average Bonchev–Trinajstić information content (AvgIpc) is 1.93. The zero-order valence-corrected chi connectivity index (χ0v) is 6.56. The van der Waals surface area contributed by atoms with E-state index in [1.54, 1.807) is 4.90 Å². The third-order valence-electron chi connectivity index (χ3n) is 2.11. The Morgan fingerprint density at radius 2 is 1.67 bits per heavy atom. The van der Waals surface area contributed by atoms with Crippen LogP contribution in [0.4, 0.5) is 14.5 Å². The number of halogens is 2. The van der Waals surface area contributed by atoms with Gasteiger partial charge in [0.15, 0.2) is 0 Å². The molecule has 12 heavy (non-hydrogen) atoms. The molecule has 2 rings (SSSR count). The molecule has 1 saturated heterocycles. The molecule has 0 unspecified atom stereocenters. The van der Waals surface area contributed by atoms with Crippen LogP contribution >= 0.6 is 0 Å². The van der Waals surface area contributed by atoms with Gasteiger partial charge in [-0.2, -0.15) is 0 Å². The number of para-hydroxylation sites is 1. The number of nitrogens with zero attached hydrogens (tertiary/aromatic N) is 1. The maximum absolute atomic E-state index is 13.0. The summed E-state index contributed by atoms with van der Waals surface area (Å²) < 4.78 is 26.1. The van der Waals surface area contributed by atoms with Crippen LogP contribution in [0, 0.1) is 11.6 Å². The Kier molecular flexibility index (Phi) is 1.71. The standard InChI is InChI=1S/C9H9F2N/c10-7-3-1-4-8(11)9(7)12-5-2-6-12/h1,3-4H,2,5-6H2. The van der Waals surface area contributed by atoms with Crippen LogP contribution in [0.2, 0.25) is 0 Å². The van der Waals surface area contributed by atoms with Gasteiger partial charge in [0, 0.05) is 13.1 Å². The van der Waals surface area contributed by atoms with Gasteiger partial charge in [-0.15, -0.1) is 0 Å². The predicted octanol–water partition coefficient (Wildman–Crippen LogP) is 2.17. The van der Waals surface area contributed by atoms with Gasteiger partial charge in [-0.1, -0.05) is 6.07 Å². The highest BCUT2D eigenvalue weighted by atomic mass is 19.1. The summed E-state index contributed by atoms with van der Waals surface area (Å²) in [6.45, 7) is 1.52. The molecule has 0 radical (unpaired) electrons. The van der Waals surface area contributed by atoms with Crippen LogP contribution in [-0.2, 0) is 0 Å². The van der Waals surface area contributed by atoms with Crippen LogP contribution in [-0.4, -0.2) is 13.1 Å². The molecule has 1 heterocycles. The molecule has 0 N–H and O–H groups in total. The Balaban J connectivity index is 2.39. The normalized spacial score (nSPS) is 16.0. The van der Waals surface area contributed by atoms with Crippen LogP contribution < -0.4 is 4.90 Å². The second-order valence-electron chi connectivity index (χ2n) is 2.91. The van der Waals surface area contributed by atoms with Crippen molar-refractivity contribution in [3.63, 3.8) is 0 Å². The molecule has 1 aromatic rings. The molecular formula is C9H9F2N. The Hall–Kier alpha value is -1.12. The summed E-state index contributed by atoms with van der Waals surface area (Å²) in [5.74, 6) is -0.926. The van der Waals surface area contributed by atoms with E-state index in [2.05, 4.69) is 0 Å². The SMILES string of the molecule is Fc1cccc(F)c1N1CCC1. The molecule has 0 aromatic heterocycles. The molecule has 64 valence electrons. The molecule has 3 heteroatoms. The van der Waals surface area contributed by atoms with Gasteiger partial charge >= 0.3 is 0 Å². The fourth-order valence-electron chi connectivity index (χ4n) is 1.33. The zero-order chi connectivity index (χ0) is 8.55. The van der Waals surface area contributed by atoms with Crippen LogP contribution in [0.25, 0.3) is 0 Å². The monoisotopic (exact) mass is 169 g/mol. The summed E-state index contributed by atoms with van der Waals surface area (Å²) in [5, 5.41) is 0. The van der Waals surface area contributed by atoms with E-state index in [4.69, 9.17) is 0 Å². The van der Waals surface area contributed by atoms with E-state index in [0.29, 0.717) is 0 Å². The van der Waals surface area contributed by atoms with Gasteiger partial charge < -0.3 is 4.90 Å². The predicted molar refractivity (Wildman–Crippen MR) is 43.2 cm³/mol. The van der Waals surface area contributed by atoms with Crippen molar-refractivity contribution < 1.29 is 8.78 Å². The third-order valence-corrected chi connectivity index (χ3v) is 2.11. The van der Waals surface area contributed by atoms with Gasteiger partial charge in [-0.3, -0.25) is 0 Å². The quantitative estimate of drug-likeness (QED) is 0.622. The number of hydrogen-bond donors (Lipinski definition) is 0. The number of anilines is 1. The lowest BCUT2D eigenvalue weighted by Crippen LogP contribution is -2.38. The second-order valence-corrected chi connectivity index (χ2v) is 2.91. The molecule has 1 aliphatic rings. The van der Waals surface area contributed by atoms with Crippen LogP contribution in [0.5, 0.6) is 0 Å². The van der Waals surface area contributed by atoms with E-state index in [-0.39, 0.29) is 5.69 Å². The van der Waals surface area contributed by atoms with Crippen molar-refractivity contribution in [1.82, 2.24) is 0 Å². The van der Waals surface area contributed by atoms with E-state index in [1.165, 1.54) is 18.2 Å². The molecule has 1 nitrogen and oxygen atoms in total. The van der Waals surface area contributed by atoms with Gasteiger partial charge in [0.05, 0.1) is 0 Å². The molecule has 1 aliphatic heterocycles. The molecule has 0 saturated carbocycles. The highest BCUT2D eigenvalue weighted by Crippen LogP contribution is 2.26. The maximum atomic E-state index is 13.0. The second kappa shape index (κ2) is 2.73. The molecule has 1 aromatic carbocycles. The van der Waals surface area contributed by atoms with Gasteiger partial charge in [0.2, 0.25) is 0 Å². The van der Waals surface area contributed by atoms with E-state index in [9.17, 15) is 8.78 Å². The Bertz CT molecular complexity index is 274. The average molecular weight is 169 g/mol. The number of hydrogen-bond acceptors (Lipinski definition) is 1. The van der Waals surface area contributed by atoms with E-state index in [1.807, 2.05) is 0 Å². The van der Waals surface area contributed by atoms with Crippen LogP contribution in [0.1, 0.15) is 6.42 Å². The largest absolute Gasteiger partial charge is 0.367 e. The van der Waals surface area contributed by atoms with E-state index < -0.39 is 11.6 Å². The molecular weight excluding hydrogens is 160 g/mol. The Morgan fingerprint density at radius 3 is 2.08 bits per heavy atom. The van der Waals surface area contributed by atoms with Gasteiger partial charge in [0.25, 0.3) is 0 Å². The third kappa shape index (κ3) is 1.05. The first-order chi connectivity index (χ1) is 5.79. The lowest BCUT2D eigenvalue weighted by Gasteiger charge is -2.33. The summed E-state index contributed by atoms with van der Waals surface area (Å²) in [6, 6.07) is 3.96. The molecule has 0 spiro atoms. The highest BCUT2D eigenvalue weighted by molar-refractivity contribution is 5.50. The number of rotatable bonds is 1. The minimum atomic E-state index is -0.463. The van der Waals surface area contributed by atoms with Crippen molar-refractivity contribution in [3.8, 4) is 0 Å². The van der Waals surface area contributed by atoms with Crippen LogP contribution in [0.15, 0.2) is 18.2 Å². The van der Waals surface area contributed by atoms with Crippen molar-refractivity contribution in [2.45, 2.75) is 6.42 Å². The molecule has 0 bridgehead atoms. The van der Waals surface area contributed by atoms with Crippen molar-refractivity contribution >= 4 is 5.69 Å². The Morgan fingerprint density at radius 1 is 1.08 bits per heavy atom. The van der Waals surface area contributed by atoms with Gasteiger partial charge in [-0.25, -0.2) is 8.78 Å². The molecule has 1 fully saturated rings. The first kappa shape index (κ1) is 7.53. The lowest BCUT2D eigenvalue weighted by molar-refractivity contribution is 0.536. The zero-order valence-electron chi connectivity index (χ0n) is 6.56. The van der Waals surface area contributed by atoms with Crippen molar-refractivity contribution in [2.24, 2.45) is 0 Å². The fourth-order valence-corrected chi connectivity index (χ4v) is 1.33. The summed E-state index contributed by atoms with van der Waals surface area (Å²) in [5.41, 5.74) is 0.128. The van der Waals surface area contributed by atoms with Gasteiger partial charge in [-0.05, 0) is 18.6 Å². The summed E-state index contributed by atoms with van der Waals surface area (Å²) in [7, 11) is 0. The van der Waals surface area contributed by atoms with Crippen molar-refractivity contribution in [2.75, 3.05) is 18.0 Å². The Labute approximate surface area is 69.6 Å². The molecule has 0 amide bonds. The lowest BCUT2D eigenvalue weighted by atomic mass is 10.1. The summed E-state index contributed by atoms with van der Waals surface area (Å²) >= 11 is 0.